The normalized spacial score (nSPS) is 11.4. The number of rotatable bonds is 6. The second-order valence-electron chi connectivity index (χ2n) is 3.49. The Balaban J connectivity index is 3.06. The van der Waals surface area contributed by atoms with Crippen LogP contribution in [0.15, 0.2) is 36.4 Å². The lowest BCUT2D eigenvalue weighted by molar-refractivity contribution is -0.300. The fourth-order valence-electron chi connectivity index (χ4n) is 1.28. The average Bonchev–Trinajstić information content (AvgIpc) is 2.38. The van der Waals surface area contributed by atoms with Crippen molar-refractivity contribution in [3.05, 3.63) is 42.0 Å². The fraction of sp³-hybridized carbons (Fsp3) is 0.0833. The first-order chi connectivity index (χ1) is 8.95. The molecule has 0 radical (unpaired) electrons. The zero-order valence-corrected chi connectivity index (χ0v) is 9.52. The molecular formula is C12H10O7. The lowest BCUT2D eigenvalue weighted by Gasteiger charge is -2.17. The average molecular weight is 266 g/mol. The first-order valence-electron chi connectivity index (χ1n) is 5.02. The van der Waals surface area contributed by atoms with Crippen molar-refractivity contribution < 1.29 is 34.7 Å². The Kier molecular flexibility index (Phi) is 4.51. The van der Waals surface area contributed by atoms with E-state index in [1.807, 2.05) is 0 Å². The molecule has 0 aliphatic rings. The molecule has 1 aromatic carbocycles. The zero-order chi connectivity index (χ0) is 14.5. The van der Waals surface area contributed by atoms with Crippen LogP contribution in [-0.2, 0) is 19.3 Å². The van der Waals surface area contributed by atoms with Crippen LogP contribution in [-0.4, -0.2) is 38.8 Å². The topological polar surface area (TPSA) is 121 Å². The number of hydrogen-bond acceptors (Lipinski definition) is 5. The van der Waals surface area contributed by atoms with Gasteiger partial charge in [-0.05, 0) is 11.6 Å². The Morgan fingerprint density at radius 2 is 1.58 bits per heavy atom. The van der Waals surface area contributed by atoms with Gasteiger partial charge in [0.15, 0.2) is 0 Å². The van der Waals surface area contributed by atoms with E-state index in [-0.39, 0.29) is 0 Å². The Morgan fingerprint density at radius 3 is 2.00 bits per heavy atom. The second-order valence-corrected chi connectivity index (χ2v) is 3.49. The van der Waals surface area contributed by atoms with E-state index in [0.717, 1.165) is 0 Å². The van der Waals surface area contributed by atoms with Gasteiger partial charge in [0.25, 0.3) is 0 Å². The molecule has 0 saturated carbocycles. The Bertz CT molecular complexity index is 504. The van der Waals surface area contributed by atoms with Crippen LogP contribution in [0.1, 0.15) is 5.56 Å². The number of hydrogen-bond donors (Lipinski definition) is 3. The molecule has 0 amide bonds. The number of ketones is 1. The summed E-state index contributed by atoms with van der Waals surface area (Å²) in [5, 5.41) is 26.0. The van der Waals surface area contributed by atoms with Gasteiger partial charge < -0.3 is 10.2 Å². The summed E-state index contributed by atoms with van der Waals surface area (Å²) in [4.78, 5) is 36.7. The summed E-state index contributed by atoms with van der Waals surface area (Å²) in [6, 6.07) is 8.32. The van der Waals surface area contributed by atoms with E-state index in [0.29, 0.717) is 11.6 Å². The summed E-state index contributed by atoms with van der Waals surface area (Å²) < 4.78 is 0. The van der Waals surface area contributed by atoms with Gasteiger partial charge in [-0.3, -0.25) is 4.79 Å². The fourth-order valence-corrected chi connectivity index (χ4v) is 1.28. The maximum Gasteiger partial charge on any atom is 0.359 e. The number of aliphatic carboxylic acids is 2. The molecule has 0 bridgehead atoms. The molecule has 3 N–H and O–H groups in total. The summed E-state index contributed by atoms with van der Waals surface area (Å²) >= 11 is 0. The Labute approximate surface area is 107 Å². The van der Waals surface area contributed by atoms with E-state index in [4.69, 9.17) is 15.5 Å². The molecule has 0 fully saturated rings. The van der Waals surface area contributed by atoms with E-state index >= 15 is 0 Å². The van der Waals surface area contributed by atoms with Crippen molar-refractivity contribution in [1.29, 1.82) is 0 Å². The first kappa shape index (κ1) is 14.6. The molecule has 0 aliphatic heterocycles. The van der Waals surface area contributed by atoms with Gasteiger partial charge in [0.2, 0.25) is 5.78 Å². The van der Waals surface area contributed by atoms with Crippen molar-refractivity contribution in [1.82, 2.24) is 0 Å². The van der Waals surface area contributed by atoms with Crippen molar-refractivity contribution in [2.45, 2.75) is 5.60 Å². The third-order valence-electron chi connectivity index (χ3n) is 2.31. The smallest absolute Gasteiger partial charge is 0.359 e. The summed E-state index contributed by atoms with van der Waals surface area (Å²) in [6.45, 7) is 0. The highest BCUT2D eigenvalue weighted by Crippen LogP contribution is 2.15. The van der Waals surface area contributed by atoms with Crippen LogP contribution in [0.2, 0.25) is 0 Å². The van der Waals surface area contributed by atoms with Crippen molar-refractivity contribution in [3.8, 4) is 0 Å². The van der Waals surface area contributed by atoms with E-state index in [9.17, 15) is 14.4 Å². The number of carboxylic acid groups (broad SMARTS) is 2. The van der Waals surface area contributed by atoms with Crippen LogP contribution in [0.5, 0.6) is 0 Å². The van der Waals surface area contributed by atoms with Gasteiger partial charge in [-0.25, -0.2) is 14.8 Å². The molecule has 0 aromatic heterocycles. The van der Waals surface area contributed by atoms with Crippen molar-refractivity contribution in [2.24, 2.45) is 0 Å². The van der Waals surface area contributed by atoms with Crippen molar-refractivity contribution in [2.75, 3.05) is 0 Å². The van der Waals surface area contributed by atoms with Gasteiger partial charge in [0, 0.05) is 0 Å². The minimum Gasteiger partial charge on any atom is -0.478 e. The molecule has 0 saturated heterocycles. The molecule has 0 spiro atoms. The Hall–Kier alpha value is -2.51. The number of benzene rings is 1. The SMILES string of the molecule is O=C(O)C(OO)(C(=O)O)C(=O)C=Cc1ccccc1. The number of carboxylic acids is 2. The van der Waals surface area contributed by atoms with E-state index < -0.39 is 23.3 Å². The zero-order valence-electron chi connectivity index (χ0n) is 9.52. The lowest BCUT2D eigenvalue weighted by Crippen LogP contribution is -2.54. The minimum atomic E-state index is -3.36. The largest absolute Gasteiger partial charge is 0.478 e. The van der Waals surface area contributed by atoms with Crippen LogP contribution in [0, 0.1) is 0 Å². The maximum absolute atomic E-state index is 11.6. The van der Waals surface area contributed by atoms with Crippen LogP contribution in [0.25, 0.3) is 6.08 Å². The highest BCUT2D eigenvalue weighted by molar-refractivity contribution is 6.27. The molecule has 0 aliphatic carbocycles. The highest BCUT2D eigenvalue weighted by Gasteiger charge is 2.55. The standard InChI is InChI=1S/C12H10O7/c13-9(7-6-8-4-2-1-3-5-8)12(19-18,10(14)15)11(16)17/h1-7,18H,(H,14,15)(H,16,17). The molecule has 19 heavy (non-hydrogen) atoms. The number of carbonyl (C=O) groups is 3. The van der Waals surface area contributed by atoms with E-state index in [2.05, 4.69) is 4.89 Å². The van der Waals surface area contributed by atoms with Gasteiger partial charge in [-0.1, -0.05) is 36.4 Å². The molecule has 7 nitrogen and oxygen atoms in total. The van der Waals surface area contributed by atoms with Crippen molar-refractivity contribution >= 4 is 23.8 Å². The van der Waals surface area contributed by atoms with Crippen molar-refractivity contribution in [3.63, 3.8) is 0 Å². The lowest BCUT2D eigenvalue weighted by atomic mass is 9.97. The summed E-state index contributed by atoms with van der Waals surface area (Å²) in [6.07, 6.45) is 1.93. The van der Waals surface area contributed by atoms with Gasteiger partial charge in [-0.15, -0.1) is 0 Å². The Morgan fingerprint density at radius 1 is 1.05 bits per heavy atom. The molecule has 1 rings (SSSR count). The van der Waals surface area contributed by atoms with Gasteiger partial charge >= 0.3 is 17.5 Å². The molecule has 100 valence electrons. The third kappa shape index (κ3) is 2.84. The predicted molar refractivity (Wildman–Crippen MR) is 62.2 cm³/mol. The van der Waals surface area contributed by atoms with Gasteiger partial charge in [0.05, 0.1) is 0 Å². The molecule has 0 atom stereocenters. The van der Waals surface area contributed by atoms with E-state index in [1.165, 1.54) is 6.08 Å². The monoisotopic (exact) mass is 266 g/mol. The van der Waals surface area contributed by atoms with Crippen LogP contribution >= 0.6 is 0 Å². The first-order valence-corrected chi connectivity index (χ1v) is 5.02. The molecular weight excluding hydrogens is 256 g/mol. The summed E-state index contributed by atoms with van der Waals surface area (Å²) in [5.74, 6) is -5.66. The minimum absolute atomic E-state index is 0.554. The van der Waals surface area contributed by atoms with E-state index in [1.54, 1.807) is 30.3 Å². The predicted octanol–water partition coefficient (Wildman–Crippen LogP) is 0.666. The third-order valence-corrected chi connectivity index (χ3v) is 2.31. The maximum atomic E-state index is 11.6. The molecule has 0 heterocycles. The quantitative estimate of drug-likeness (QED) is 0.299. The summed E-state index contributed by atoms with van der Waals surface area (Å²) in [5.41, 5.74) is -2.80. The molecule has 7 heteroatoms. The summed E-state index contributed by atoms with van der Waals surface area (Å²) in [7, 11) is 0. The van der Waals surface area contributed by atoms with Gasteiger partial charge in [-0.2, -0.15) is 4.89 Å². The molecule has 0 unspecified atom stereocenters. The second kappa shape index (κ2) is 5.89. The van der Waals surface area contributed by atoms with Crippen LogP contribution in [0.4, 0.5) is 0 Å². The van der Waals surface area contributed by atoms with Crippen LogP contribution in [0.3, 0.4) is 0 Å². The van der Waals surface area contributed by atoms with Gasteiger partial charge in [0.1, 0.15) is 0 Å². The molecule has 1 aromatic rings. The number of carbonyl (C=O) groups excluding carboxylic acids is 1. The highest BCUT2D eigenvalue weighted by atomic mass is 17.1. The van der Waals surface area contributed by atoms with Crippen LogP contribution < -0.4 is 0 Å².